The van der Waals surface area contributed by atoms with Gasteiger partial charge in [-0.1, -0.05) is 25.1 Å². The Bertz CT molecular complexity index is 271. The summed E-state index contributed by atoms with van der Waals surface area (Å²) < 4.78 is 5.63. The molecule has 2 atom stereocenters. The molecular weight excluding hydrogens is 220 g/mol. The zero-order chi connectivity index (χ0) is 11.8. The van der Waals surface area contributed by atoms with Crippen molar-refractivity contribution in [2.24, 2.45) is 5.92 Å². The van der Waals surface area contributed by atoms with Crippen molar-refractivity contribution in [2.75, 3.05) is 6.61 Å². The van der Waals surface area contributed by atoms with Crippen LogP contribution >= 0.6 is 11.6 Å². The molecule has 0 bridgehead atoms. The second-order valence-electron chi connectivity index (χ2n) is 4.43. The van der Waals surface area contributed by atoms with E-state index in [-0.39, 0.29) is 5.38 Å². The van der Waals surface area contributed by atoms with Gasteiger partial charge in [0.05, 0.1) is 6.61 Å². The number of para-hydroxylation sites is 1. The van der Waals surface area contributed by atoms with Crippen LogP contribution in [-0.2, 0) is 0 Å². The highest BCUT2D eigenvalue weighted by molar-refractivity contribution is 6.20. The van der Waals surface area contributed by atoms with Crippen molar-refractivity contribution in [3.63, 3.8) is 0 Å². The quantitative estimate of drug-likeness (QED) is 0.504. The fraction of sp³-hybridized carbons (Fsp3) is 0.571. The van der Waals surface area contributed by atoms with Gasteiger partial charge >= 0.3 is 0 Å². The zero-order valence-corrected chi connectivity index (χ0v) is 10.9. The molecule has 16 heavy (non-hydrogen) atoms. The van der Waals surface area contributed by atoms with Crippen molar-refractivity contribution >= 4 is 11.6 Å². The van der Waals surface area contributed by atoms with Crippen LogP contribution < -0.4 is 4.74 Å². The Morgan fingerprint density at radius 3 is 2.50 bits per heavy atom. The van der Waals surface area contributed by atoms with Crippen LogP contribution in [0.25, 0.3) is 0 Å². The van der Waals surface area contributed by atoms with Gasteiger partial charge in [0.1, 0.15) is 5.75 Å². The van der Waals surface area contributed by atoms with Crippen molar-refractivity contribution in [3.05, 3.63) is 30.3 Å². The van der Waals surface area contributed by atoms with Crippen molar-refractivity contribution in [1.29, 1.82) is 0 Å². The smallest absolute Gasteiger partial charge is 0.119 e. The third kappa shape index (κ3) is 6.02. The molecule has 0 aliphatic carbocycles. The summed E-state index contributed by atoms with van der Waals surface area (Å²) in [5.41, 5.74) is 0. The second-order valence-corrected chi connectivity index (χ2v) is 5.17. The number of ether oxygens (including phenoxy) is 1. The first-order valence-corrected chi connectivity index (χ1v) is 6.44. The summed E-state index contributed by atoms with van der Waals surface area (Å²) in [5, 5.41) is 0.282. The molecule has 0 saturated carbocycles. The third-order valence-electron chi connectivity index (χ3n) is 2.58. The summed E-state index contributed by atoms with van der Waals surface area (Å²) >= 11 is 5.95. The molecule has 0 aliphatic rings. The first kappa shape index (κ1) is 13.4. The molecule has 0 fully saturated rings. The SMILES string of the molecule is CC(Cl)CC(C)CCCOc1ccccc1. The molecule has 0 heterocycles. The molecule has 1 aromatic carbocycles. The monoisotopic (exact) mass is 240 g/mol. The molecule has 0 radical (unpaired) electrons. The molecule has 1 rings (SSSR count). The maximum atomic E-state index is 5.95. The molecule has 0 aliphatic heterocycles. The summed E-state index contributed by atoms with van der Waals surface area (Å²) in [6.07, 6.45) is 3.37. The lowest BCUT2D eigenvalue weighted by atomic mass is 10.0. The van der Waals surface area contributed by atoms with Crippen LogP contribution in [0, 0.1) is 5.92 Å². The highest BCUT2D eigenvalue weighted by Crippen LogP contribution is 2.16. The van der Waals surface area contributed by atoms with Crippen LogP contribution in [0.2, 0.25) is 0 Å². The molecule has 1 nitrogen and oxygen atoms in total. The zero-order valence-electron chi connectivity index (χ0n) is 10.2. The Morgan fingerprint density at radius 2 is 1.88 bits per heavy atom. The highest BCUT2D eigenvalue weighted by Gasteiger charge is 2.05. The van der Waals surface area contributed by atoms with E-state index in [1.165, 1.54) is 6.42 Å². The van der Waals surface area contributed by atoms with E-state index in [0.717, 1.165) is 25.2 Å². The average Bonchev–Trinajstić information content (AvgIpc) is 2.25. The van der Waals surface area contributed by atoms with Gasteiger partial charge in [0.25, 0.3) is 0 Å². The van der Waals surface area contributed by atoms with Crippen LogP contribution in [0.5, 0.6) is 5.75 Å². The Labute approximate surface area is 104 Å². The van der Waals surface area contributed by atoms with Gasteiger partial charge in [0.15, 0.2) is 0 Å². The molecule has 0 amide bonds. The number of rotatable bonds is 7. The number of alkyl halides is 1. The minimum Gasteiger partial charge on any atom is -0.494 e. The molecule has 0 aromatic heterocycles. The van der Waals surface area contributed by atoms with E-state index in [9.17, 15) is 0 Å². The summed E-state index contributed by atoms with van der Waals surface area (Å²) in [7, 11) is 0. The van der Waals surface area contributed by atoms with Crippen LogP contribution in [0.1, 0.15) is 33.1 Å². The van der Waals surface area contributed by atoms with Gasteiger partial charge in [-0.2, -0.15) is 0 Å². The van der Waals surface area contributed by atoms with E-state index in [1.807, 2.05) is 30.3 Å². The summed E-state index contributed by atoms with van der Waals surface area (Å²) in [6, 6.07) is 9.96. The fourth-order valence-electron chi connectivity index (χ4n) is 1.81. The maximum Gasteiger partial charge on any atom is 0.119 e. The number of hydrogen-bond donors (Lipinski definition) is 0. The fourth-order valence-corrected chi connectivity index (χ4v) is 2.11. The lowest BCUT2D eigenvalue weighted by Crippen LogP contribution is -2.05. The van der Waals surface area contributed by atoms with Gasteiger partial charge in [-0.25, -0.2) is 0 Å². The molecule has 0 spiro atoms. The van der Waals surface area contributed by atoms with E-state index in [4.69, 9.17) is 16.3 Å². The first-order valence-electron chi connectivity index (χ1n) is 6.00. The van der Waals surface area contributed by atoms with Crippen LogP contribution in [0.4, 0.5) is 0 Å². The van der Waals surface area contributed by atoms with E-state index >= 15 is 0 Å². The summed E-state index contributed by atoms with van der Waals surface area (Å²) in [5.74, 6) is 1.65. The molecular formula is C14H21ClO. The normalized spacial score (nSPS) is 14.4. The number of hydrogen-bond acceptors (Lipinski definition) is 1. The molecule has 2 heteroatoms. The lowest BCUT2D eigenvalue weighted by Gasteiger charge is -2.12. The Kier molecular flexibility index (Phi) is 6.32. The van der Waals surface area contributed by atoms with Crippen molar-refractivity contribution in [2.45, 2.75) is 38.5 Å². The van der Waals surface area contributed by atoms with E-state index in [1.54, 1.807) is 0 Å². The minimum absolute atomic E-state index is 0.282. The third-order valence-corrected chi connectivity index (χ3v) is 2.76. The molecule has 0 saturated heterocycles. The average molecular weight is 241 g/mol. The number of benzene rings is 1. The molecule has 2 unspecified atom stereocenters. The van der Waals surface area contributed by atoms with Crippen LogP contribution in [0.3, 0.4) is 0 Å². The predicted molar refractivity (Wildman–Crippen MR) is 70.3 cm³/mol. The van der Waals surface area contributed by atoms with Crippen LogP contribution in [-0.4, -0.2) is 12.0 Å². The van der Waals surface area contributed by atoms with Gasteiger partial charge < -0.3 is 4.74 Å². The molecule has 0 N–H and O–H groups in total. The topological polar surface area (TPSA) is 9.23 Å². The summed E-state index contributed by atoms with van der Waals surface area (Å²) in [6.45, 7) is 5.10. The van der Waals surface area contributed by atoms with Crippen molar-refractivity contribution < 1.29 is 4.74 Å². The Hall–Kier alpha value is -0.690. The van der Waals surface area contributed by atoms with Gasteiger partial charge in [0.2, 0.25) is 0 Å². The second kappa shape index (κ2) is 7.56. The standard InChI is InChI=1S/C14H21ClO/c1-12(11-13(2)15)7-6-10-16-14-8-4-3-5-9-14/h3-5,8-9,12-13H,6-7,10-11H2,1-2H3. The van der Waals surface area contributed by atoms with E-state index < -0.39 is 0 Å². The number of halogens is 1. The Morgan fingerprint density at radius 1 is 1.19 bits per heavy atom. The lowest BCUT2D eigenvalue weighted by molar-refractivity contribution is 0.292. The Balaban J connectivity index is 2.08. The molecule has 90 valence electrons. The molecule has 1 aromatic rings. The predicted octanol–water partition coefficient (Wildman–Crippen LogP) is 4.50. The van der Waals surface area contributed by atoms with E-state index in [0.29, 0.717) is 5.92 Å². The van der Waals surface area contributed by atoms with Gasteiger partial charge in [-0.15, -0.1) is 11.6 Å². The van der Waals surface area contributed by atoms with Crippen molar-refractivity contribution in [1.82, 2.24) is 0 Å². The minimum atomic E-state index is 0.282. The van der Waals surface area contributed by atoms with Gasteiger partial charge in [-0.05, 0) is 44.2 Å². The largest absolute Gasteiger partial charge is 0.494 e. The van der Waals surface area contributed by atoms with Crippen LogP contribution in [0.15, 0.2) is 30.3 Å². The van der Waals surface area contributed by atoms with Crippen molar-refractivity contribution in [3.8, 4) is 5.75 Å². The highest BCUT2D eigenvalue weighted by atomic mass is 35.5. The maximum absolute atomic E-state index is 5.95. The van der Waals surface area contributed by atoms with Gasteiger partial charge in [-0.3, -0.25) is 0 Å². The van der Waals surface area contributed by atoms with E-state index in [2.05, 4.69) is 13.8 Å². The summed E-state index contributed by atoms with van der Waals surface area (Å²) in [4.78, 5) is 0. The first-order chi connectivity index (χ1) is 7.68. The van der Waals surface area contributed by atoms with Gasteiger partial charge in [0, 0.05) is 5.38 Å².